The van der Waals surface area contributed by atoms with Crippen LogP contribution in [0.5, 0.6) is 0 Å². The molecule has 0 amide bonds. The van der Waals surface area contributed by atoms with Gasteiger partial charge in [-0.15, -0.1) is 0 Å². The highest BCUT2D eigenvalue weighted by Gasteiger charge is 2.32. The normalized spacial score (nSPS) is 17.5. The van der Waals surface area contributed by atoms with Crippen molar-refractivity contribution in [3.63, 3.8) is 0 Å². The summed E-state index contributed by atoms with van der Waals surface area (Å²) < 4.78 is 39.9. The van der Waals surface area contributed by atoms with Crippen molar-refractivity contribution in [1.29, 1.82) is 0 Å². The van der Waals surface area contributed by atoms with E-state index in [9.17, 15) is 16.8 Å². The van der Waals surface area contributed by atoms with Crippen molar-refractivity contribution in [2.45, 2.75) is 25.0 Å². The summed E-state index contributed by atoms with van der Waals surface area (Å²) in [6, 6.07) is 0. The maximum atomic E-state index is 10.2. The minimum atomic E-state index is -3.16. The van der Waals surface area contributed by atoms with Crippen molar-refractivity contribution >= 4 is 20.0 Å². The van der Waals surface area contributed by atoms with Crippen LogP contribution in [0.25, 0.3) is 0 Å². The molecule has 0 spiro atoms. The first-order chi connectivity index (χ1) is 5.67. The molecule has 0 atom stereocenters. The highest BCUT2D eigenvalue weighted by molar-refractivity contribution is 7.90. The van der Waals surface area contributed by atoms with Gasteiger partial charge in [0, 0.05) is 0 Å². The minimum absolute atomic E-state index is 0.0208. The molecule has 1 aliphatic carbocycles. The predicted molar refractivity (Wildman–Crippen MR) is 49.8 cm³/mol. The molecular weight excluding hydrogens is 216 g/mol. The fraction of sp³-hybridized carbons (Fsp3) is 1.00. The first kappa shape index (κ1) is 12.8. The van der Waals surface area contributed by atoms with Gasteiger partial charge >= 0.3 is 0 Å². The Balaban J connectivity index is 0.000000226. The molecule has 1 rings (SSSR count). The van der Waals surface area contributed by atoms with E-state index >= 15 is 0 Å². The summed E-state index contributed by atoms with van der Waals surface area (Å²) in [6.07, 6.45) is 1.53. The molecule has 0 aliphatic heterocycles. The van der Waals surface area contributed by atoms with E-state index in [-0.39, 0.29) is 11.0 Å². The molecule has 8 heteroatoms. The molecule has 1 saturated carbocycles. The first-order valence-electron chi connectivity index (χ1n) is 3.69. The van der Waals surface area contributed by atoms with E-state index in [0.29, 0.717) is 0 Å². The van der Waals surface area contributed by atoms with E-state index in [0.717, 1.165) is 12.8 Å². The summed E-state index contributed by atoms with van der Waals surface area (Å²) >= 11 is 0. The van der Waals surface area contributed by atoms with E-state index in [4.69, 9.17) is 5.14 Å². The average Bonchev–Trinajstić information content (AvgIpc) is 2.65. The molecule has 0 aromatic rings. The Kier molecular flexibility index (Phi) is 4.30. The van der Waals surface area contributed by atoms with Gasteiger partial charge in [-0.3, -0.25) is 0 Å². The van der Waals surface area contributed by atoms with Crippen LogP contribution < -0.4 is 10.3 Å². The molecule has 13 heavy (non-hydrogen) atoms. The van der Waals surface area contributed by atoms with Crippen LogP contribution in [0.1, 0.15) is 19.8 Å². The molecular formula is C5H14N2O4S2. The van der Waals surface area contributed by atoms with Crippen molar-refractivity contribution in [3.8, 4) is 0 Å². The van der Waals surface area contributed by atoms with Gasteiger partial charge in [-0.25, -0.2) is 27.1 Å². The van der Waals surface area contributed by atoms with Crippen molar-refractivity contribution < 1.29 is 16.8 Å². The molecule has 0 bridgehead atoms. The van der Waals surface area contributed by atoms with Crippen molar-refractivity contribution in [3.05, 3.63) is 0 Å². The molecule has 0 aromatic carbocycles. The molecule has 4 N–H and O–H groups in total. The first-order valence-corrected chi connectivity index (χ1v) is 7.01. The Morgan fingerprint density at radius 1 is 1.15 bits per heavy atom. The van der Waals surface area contributed by atoms with E-state index < -0.39 is 20.0 Å². The number of hydrogen-bond acceptors (Lipinski definition) is 4. The lowest BCUT2D eigenvalue weighted by molar-refractivity contribution is 0.595. The quantitative estimate of drug-likeness (QED) is 0.614. The van der Waals surface area contributed by atoms with Crippen molar-refractivity contribution in [2.24, 2.45) is 10.3 Å². The molecule has 1 aliphatic rings. The fourth-order valence-electron chi connectivity index (χ4n) is 0.397. The lowest BCUT2D eigenvalue weighted by atomic mass is 11.0. The Labute approximate surface area is 78.4 Å². The smallest absolute Gasteiger partial charge is 0.211 e. The third kappa shape index (κ3) is 8.16. The number of rotatable bonds is 2. The molecule has 6 nitrogen and oxygen atoms in total. The van der Waals surface area contributed by atoms with Gasteiger partial charge in [0.05, 0.1) is 11.0 Å². The molecule has 0 aromatic heterocycles. The van der Waals surface area contributed by atoms with Crippen LogP contribution in [0.15, 0.2) is 0 Å². The number of nitrogens with two attached hydrogens (primary N) is 2. The summed E-state index contributed by atoms with van der Waals surface area (Å²) in [5.74, 6) is 0.0208. The summed E-state index contributed by atoms with van der Waals surface area (Å²) in [5.41, 5.74) is 0. The van der Waals surface area contributed by atoms with Crippen LogP contribution >= 0.6 is 0 Å². The van der Waals surface area contributed by atoms with Gasteiger partial charge in [0.15, 0.2) is 0 Å². The maximum Gasteiger partial charge on any atom is 0.211 e. The third-order valence-electron chi connectivity index (χ3n) is 1.39. The maximum absolute atomic E-state index is 10.2. The monoisotopic (exact) mass is 230 g/mol. The van der Waals surface area contributed by atoms with Gasteiger partial charge in [-0.2, -0.15) is 0 Å². The predicted octanol–water partition coefficient (Wildman–Crippen LogP) is -1.27. The largest absolute Gasteiger partial charge is 0.229 e. The van der Waals surface area contributed by atoms with Crippen molar-refractivity contribution in [2.75, 3.05) is 5.75 Å². The van der Waals surface area contributed by atoms with Gasteiger partial charge < -0.3 is 0 Å². The van der Waals surface area contributed by atoms with Crippen molar-refractivity contribution in [1.82, 2.24) is 0 Å². The zero-order valence-corrected chi connectivity index (χ0v) is 8.94. The number of primary sulfonamides is 2. The van der Waals surface area contributed by atoms with Crippen LogP contribution in [-0.2, 0) is 20.0 Å². The second-order valence-electron chi connectivity index (χ2n) is 2.74. The van der Waals surface area contributed by atoms with Gasteiger partial charge in [-0.1, -0.05) is 0 Å². The zero-order valence-electron chi connectivity index (χ0n) is 7.30. The summed E-state index contributed by atoms with van der Waals surface area (Å²) in [6.45, 7) is 1.50. The van der Waals surface area contributed by atoms with Gasteiger partial charge in [0.1, 0.15) is 0 Å². The number of hydrogen-bond donors (Lipinski definition) is 2. The van der Waals surface area contributed by atoms with E-state index in [2.05, 4.69) is 5.14 Å². The Bertz CT molecular complexity index is 341. The molecule has 1 fully saturated rings. The van der Waals surface area contributed by atoms with Gasteiger partial charge in [0.2, 0.25) is 20.0 Å². The van der Waals surface area contributed by atoms with Crippen LogP contribution in [0.2, 0.25) is 0 Å². The Hall–Kier alpha value is -0.180. The fourth-order valence-corrected chi connectivity index (χ4v) is 1.19. The second kappa shape index (κ2) is 4.36. The van der Waals surface area contributed by atoms with Gasteiger partial charge in [0.25, 0.3) is 0 Å². The minimum Gasteiger partial charge on any atom is -0.229 e. The average molecular weight is 230 g/mol. The Morgan fingerprint density at radius 2 is 1.46 bits per heavy atom. The lowest BCUT2D eigenvalue weighted by Gasteiger charge is -1.84. The summed E-state index contributed by atoms with van der Waals surface area (Å²) in [7, 11) is -6.29. The third-order valence-corrected chi connectivity index (χ3v) is 3.60. The van der Waals surface area contributed by atoms with Crippen LogP contribution in [-0.4, -0.2) is 27.8 Å². The van der Waals surface area contributed by atoms with Crippen LogP contribution in [0.4, 0.5) is 0 Å². The highest BCUT2D eigenvalue weighted by atomic mass is 32.2. The van der Waals surface area contributed by atoms with Crippen LogP contribution in [0, 0.1) is 0 Å². The molecule has 0 heterocycles. The van der Waals surface area contributed by atoms with Crippen LogP contribution in [0.3, 0.4) is 0 Å². The molecule has 0 unspecified atom stereocenters. The van der Waals surface area contributed by atoms with E-state index in [1.807, 2.05) is 0 Å². The Morgan fingerprint density at radius 3 is 1.46 bits per heavy atom. The topological polar surface area (TPSA) is 120 Å². The summed E-state index contributed by atoms with van der Waals surface area (Å²) in [4.78, 5) is 0. The zero-order chi connectivity index (χ0) is 10.7. The summed E-state index contributed by atoms with van der Waals surface area (Å²) in [5, 5.41) is 9.02. The van der Waals surface area contributed by atoms with Gasteiger partial charge in [-0.05, 0) is 19.8 Å². The SMILES string of the molecule is CCS(N)(=O)=O.NS(=O)(=O)C1CC1. The van der Waals surface area contributed by atoms with E-state index in [1.54, 1.807) is 0 Å². The number of sulfonamides is 2. The van der Waals surface area contributed by atoms with E-state index in [1.165, 1.54) is 6.92 Å². The standard InChI is InChI=1S/C3H7NO2S.C2H7NO2S/c4-7(5,6)3-1-2-3;1-2-6(3,4)5/h3H,1-2H2,(H2,4,5,6);2H2,1H3,(H2,3,4,5). The molecule has 0 radical (unpaired) electrons. The second-order valence-corrected chi connectivity index (χ2v) is 6.49. The highest BCUT2D eigenvalue weighted by Crippen LogP contribution is 2.25. The lowest BCUT2D eigenvalue weighted by Crippen LogP contribution is -2.16. The molecule has 80 valence electrons. The molecule has 0 saturated heterocycles.